The molecule has 0 aliphatic carbocycles. The first kappa shape index (κ1) is 19.3. The van der Waals surface area contributed by atoms with E-state index in [4.69, 9.17) is 0 Å². The van der Waals surface area contributed by atoms with Gasteiger partial charge in [0.05, 0.1) is 22.5 Å². The van der Waals surface area contributed by atoms with Crippen molar-refractivity contribution < 1.29 is 28.8 Å². The van der Waals surface area contributed by atoms with Crippen molar-refractivity contribution in [1.82, 2.24) is 0 Å². The second-order valence-corrected chi connectivity index (χ2v) is 7.16. The van der Waals surface area contributed by atoms with Crippen LogP contribution in [0.5, 0.6) is 0 Å². The first-order chi connectivity index (χ1) is 15.4. The number of rotatable bonds is 2. The number of hydrogen-bond donors (Lipinski definition) is 0. The van der Waals surface area contributed by atoms with Gasteiger partial charge in [-0.25, -0.2) is 9.80 Å². The minimum atomic E-state index is -0.984. The molecule has 5 rings (SSSR count). The zero-order valence-electron chi connectivity index (χ0n) is 16.3. The Bertz CT molecular complexity index is 1300. The lowest BCUT2D eigenvalue weighted by Crippen LogP contribution is -2.37. The zero-order chi connectivity index (χ0) is 22.6. The van der Waals surface area contributed by atoms with E-state index in [2.05, 4.69) is 0 Å². The van der Waals surface area contributed by atoms with Crippen LogP contribution < -0.4 is 9.80 Å². The Hall–Kier alpha value is -4.72. The number of anilines is 2. The van der Waals surface area contributed by atoms with Crippen LogP contribution in [0.2, 0.25) is 0 Å². The summed E-state index contributed by atoms with van der Waals surface area (Å²) in [6, 6.07) is 17.7. The quantitative estimate of drug-likeness (QED) is 0.462. The number of imide groups is 2. The van der Waals surface area contributed by atoms with E-state index in [0.29, 0.717) is 0 Å². The molecular weight excluding hydrogens is 412 g/mol. The largest absolute Gasteiger partial charge is 0.306 e. The monoisotopic (exact) mass is 424 g/mol. The second kappa shape index (κ2) is 6.92. The molecule has 0 unspecified atom stereocenters. The average Bonchev–Trinajstić information content (AvgIpc) is 3.23. The molecule has 8 nitrogen and oxygen atoms in total. The van der Waals surface area contributed by atoms with Crippen LogP contribution in [0.4, 0.5) is 11.4 Å². The summed E-state index contributed by atoms with van der Waals surface area (Å²) in [7, 11) is 0. The molecule has 0 radical (unpaired) electrons. The highest BCUT2D eigenvalue weighted by Gasteiger charge is 2.41. The van der Waals surface area contributed by atoms with E-state index >= 15 is 0 Å². The number of carbonyl (C=O) groups is 6. The van der Waals surface area contributed by atoms with Crippen molar-refractivity contribution in [3.63, 3.8) is 0 Å². The van der Waals surface area contributed by atoms with Gasteiger partial charge in [0, 0.05) is 11.1 Å². The Morgan fingerprint density at radius 2 is 0.938 bits per heavy atom. The van der Waals surface area contributed by atoms with Gasteiger partial charge in [-0.2, -0.15) is 0 Å². The molecule has 3 aromatic rings. The molecular formula is C24H12N2O6. The number of fused-ring (bicyclic) bond motifs is 2. The Labute approximate surface area is 180 Å². The Balaban J connectivity index is 1.51. The topological polar surface area (TPSA) is 109 Å². The number of Topliss-reactive ketones (excluding diaryl/α,β-unsaturated/α-hetero) is 2. The van der Waals surface area contributed by atoms with E-state index in [1.54, 1.807) is 24.3 Å². The standard InChI is InChI=1S/C24H12N2O6/c27-19-15-8-1-3-10-17(15)25(23(19)31)21(29)13-6-5-7-14(12-13)22(30)26-18-11-4-2-9-16(18)20(28)24(26)32/h1-12H. The lowest BCUT2D eigenvalue weighted by atomic mass is 10.1. The summed E-state index contributed by atoms with van der Waals surface area (Å²) in [6.07, 6.45) is 0. The molecule has 4 amide bonds. The molecule has 0 atom stereocenters. The van der Waals surface area contributed by atoms with E-state index in [1.807, 2.05) is 0 Å². The number of amides is 4. The first-order valence-corrected chi connectivity index (χ1v) is 9.54. The van der Waals surface area contributed by atoms with Gasteiger partial charge in [-0.3, -0.25) is 28.8 Å². The van der Waals surface area contributed by atoms with E-state index in [1.165, 1.54) is 48.5 Å². The molecule has 0 saturated heterocycles. The molecule has 2 aliphatic rings. The van der Waals surface area contributed by atoms with Crippen LogP contribution in [0.1, 0.15) is 41.4 Å². The average molecular weight is 424 g/mol. The lowest BCUT2D eigenvalue weighted by molar-refractivity contribution is -0.114. The van der Waals surface area contributed by atoms with E-state index in [0.717, 1.165) is 9.80 Å². The summed E-state index contributed by atoms with van der Waals surface area (Å²) in [5, 5.41) is 0. The van der Waals surface area contributed by atoms with Crippen LogP contribution in [0.25, 0.3) is 0 Å². The molecule has 0 saturated carbocycles. The molecule has 0 aromatic heterocycles. The summed E-state index contributed by atoms with van der Waals surface area (Å²) in [4.78, 5) is 76.9. The molecule has 0 N–H and O–H groups in total. The molecule has 3 aromatic carbocycles. The van der Waals surface area contributed by atoms with Gasteiger partial charge < -0.3 is 0 Å². The minimum absolute atomic E-state index is 0.0278. The second-order valence-electron chi connectivity index (χ2n) is 7.16. The highest BCUT2D eigenvalue weighted by Crippen LogP contribution is 2.32. The summed E-state index contributed by atoms with van der Waals surface area (Å²) in [6.45, 7) is 0. The van der Waals surface area contributed by atoms with Crippen LogP contribution in [0.15, 0.2) is 72.8 Å². The predicted octanol–water partition coefficient (Wildman–Crippen LogP) is 2.43. The van der Waals surface area contributed by atoms with Crippen molar-refractivity contribution in [2.75, 3.05) is 9.80 Å². The summed E-state index contributed by atoms with van der Waals surface area (Å²) < 4.78 is 0. The van der Waals surface area contributed by atoms with Crippen molar-refractivity contribution in [3.05, 3.63) is 95.1 Å². The van der Waals surface area contributed by atoms with Crippen LogP contribution in [0.3, 0.4) is 0 Å². The fourth-order valence-corrected chi connectivity index (χ4v) is 3.82. The van der Waals surface area contributed by atoms with Crippen molar-refractivity contribution in [3.8, 4) is 0 Å². The van der Waals surface area contributed by atoms with Crippen LogP contribution >= 0.6 is 0 Å². The van der Waals surface area contributed by atoms with Gasteiger partial charge in [0.15, 0.2) is 0 Å². The molecule has 0 fully saturated rings. The van der Waals surface area contributed by atoms with Crippen molar-refractivity contribution >= 4 is 46.6 Å². The van der Waals surface area contributed by atoms with Crippen molar-refractivity contribution in [2.24, 2.45) is 0 Å². The molecule has 8 heteroatoms. The van der Waals surface area contributed by atoms with Gasteiger partial charge in [-0.15, -0.1) is 0 Å². The van der Waals surface area contributed by atoms with Gasteiger partial charge in [0.1, 0.15) is 0 Å². The smallest absolute Gasteiger partial charge is 0.283 e. The van der Waals surface area contributed by atoms with Crippen molar-refractivity contribution in [2.45, 2.75) is 0 Å². The number of para-hydroxylation sites is 2. The minimum Gasteiger partial charge on any atom is -0.283 e. The number of hydrogen-bond acceptors (Lipinski definition) is 6. The number of benzene rings is 3. The van der Waals surface area contributed by atoms with Gasteiger partial charge in [0.2, 0.25) is 0 Å². The molecule has 0 bridgehead atoms. The summed E-state index contributed by atoms with van der Waals surface area (Å²) >= 11 is 0. The Morgan fingerprint density at radius 3 is 1.38 bits per heavy atom. The maximum absolute atomic E-state index is 13.1. The maximum atomic E-state index is 13.1. The summed E-state index contributed by atoms with van der Waals surface area (Å²) in [5.41, 5.74) is 0.517. The van der Waals surface area contributed by atoms with Gasteiger partial charge >= 0.3 is 11.8 Å². The van der Waals surface area contributed by atoms with E-state index in [-0.39, 0.29) is 33.6 Å². The van der Waals surface area contributed by atoms with Gasteiger partial charge in [-0.1, -0.05) is 30.3 Å². The van der Waals surface area contributed by atoms with Crippen LogP contribution in [-0.4, -0.2) is 35.2 Å². The van der Waals surface area contributed by atoms with Crippen molar-refractivity contribution in [1.29, 1.82) is 0 Å². The molecule has 2 heterocycles. The third-order valence-corrected chi connectivity index (χ3v) is 5.34. The Kier molecular flexibility index (Phi) is 4.16. The molecule has 32 heavy (non-hydrogen) atoms. The number of nitrogens with zero attached hydrogens (tertiary/aromatic N) is 2. The third-order valence-electron chi connectivity index (χ3n) is 5.34. The fraction of sp³-hybridized carbons (Fsp3) is 0. The first-order valence-electron chi connectivity index (χ1n) is 9.54. The maximum Gasteiger partial charge on any atom is 0.306 e. The molecule has 2 aliphatic heterocycles. The zero-order valence-corrected chi connectivity index (χ0v) is 16.3. The Morgan fingerprint density at radius 1 is 0.531 bits per heavy atom. The highest BCUT2D eigenvalue weighted by atomic mass is 16.2. The number of carbonyl (C=O) groups excluding carboxylic acids is 6. The number of ketones is 2. The van der Waals surface area contributed by atoms with Gasteiger partial charge in [0.25, 0.3) is 23.4 Å². The SMILES string of the molecule is O=C1C(=O)N(C(=O)c2cccc(C(=O)N3C(=O)C(=O)c4ccccc43)c2)c2ccccc21. The molecule has 0 spiro atoms. The van der Waals surface area contributed by atoms with E-state index in [9.17, 15) is 28.8 Å². The lowest BCUT2D eigenvalue weighted by Gasteiger charge is -2.17. The predicted molar refractivity (Wildman–Crippen MR) is 112 cm³/mol. The normalized spacial score (nSPS) is 14.6. The van der Waals surface area contributed by atoms with E-state index < -0.39 is 35.2 Å². The summed E-state index contributed by atoms with van der Waals surface area (Å²) in [5.74, 6) is -5.12. The molecule has 154 valence electrons. The van der Waals surface area contributed by atoms with Crippen LogP contribution in [-0.2, 0) is 9.59 Å². The third kappa shape index (κ3) is 2.63. The van der Waals surface area contributed by atoms with Gasteiger partial charge in [-0.05, 0) is 42.5 Å². The fourth-order valence-electron chi connectivity index (χ4n) is 3.82. The van der Waals surface area contributed by atoms with Crippen LogP contribution in [0, 0.1) is 0 Å². The highest BCUT2D eigenvalue weighted by molar-refractivity contribution is 6.58.